The van der Waals surface area contributed by atoms with E-state index in [1.165, 1.54) is 0 Å². The van der Waals surface area contributed by atoms with E-state index in [-0.39, 0.29) is 11.8 Å². The highest BCUT2D eigenvalue weighted by Gasteiger charge is 2.35. The number of nitrogens with one attached hydrogen (secondary N) is 1. The van der Waals surface area contributed by atoms with Crippen LogP contribution in [0, 0.1) is 11.8 Å². The van der Waals surface area contributed by atoms with Crippen molar-refractivity contribution in [3.05, 3.63) is 29.3 Å². The maximum absolute atomic E-state index is 12.8. The molecule has 1 saturated heterocycles. The molecule has 2 heterocycles. The third-order valence-electron chi connectivity index (χ3n) is 4.58. The summed E-state index contributed by atoms with van der Waals surface area (Å²) in [6.07, 6.45) is 1.54. The molecule has 2 unspecified atom stereocenters. The van der Waals surface area contributed by atoms with Gasteiger partial charge in [-0.2, -0.15) is 0 Å². The van der Waals surface area contributed by atoms with Gasteiger partial charge in [-0.3, -0.25) is 4.79 Å². The van der Waals surface area contributed by atoms with Crippen LogP contribution in [0.15, 0.2) is 18.2 Å². The fourth-order valence-electron chi connectivity index (χ4n) is 3.39. The summed E-state index contributed by atoms with van der Waals surface area (Å²) in [4.78, 5) is 25.9. The number of carbonyl (C=O) groups excluding carboxylic acids is 1. The molecule has 0 radical (unpaired) electrons. The summed E-state index contributed by atoms with van der Waals surface area (Å²) < 4.78 is 0. The zero-order valence-electron chi connectivity index (χ0n) is 12.1. The van der Waals surface area contributed by atoms with Crippen molar-refractivity contribution in [2.45, 2.75) is 19.8 Å². The Balaban J connectivity index is 1.95. The first-order valence-corrected chi connectivity index (χ1v) is 7.47. The van der Waals surface area contributed by atoms with Crippen LogP contribution in [0.25, 0.3) is 0 Å². The van der Waals surface area contributed by atoms with Crippen LogP contribution in [0.3, 0.4) is 0 Å². The van der Waals surface area contributed by atoms with Crippen LogP contribution in [0.1, 0.15) is 29.3 Å². The third kappa shape index (κ3) is 2.42. The zero-order chi connectivity index (χ0) is 15.0. The average molecular weight is 288 g/mol. The smallest absolute Gasteiger partial charge is 0.336 e. The van der Waals surface area contributed by atoms with Crippen molar-refractivity contribution in [3.63, 3.8) is 0 Å². The first kappa shape index (κ1) is 14.1. The Hall–Kier alpha value is -1.88. The Bertz CT molecular complexity index is 585. The van der Waals surface area contributed by atoms with Gasteiger partial charge in [0.05, 0.1) is 11.5 Å². The number of amides is 1. The number of hydrogen-bond donors (Lipinski definition) is 2. The van der Waals surface area contributed by atoms with Crippen LogP contribution in [0.2, 0.25) is 0 Å². The minimum Gasteiger partial charge on any atom is -0.478 e. The largest absolute Gasteiger partial charge is 0.478 e. The molecular formula is C16H20N2O3. The van der Waals surface area contributed by atoms with E-state index in [9.17, 15) is 14.7 Å². The van der Waals surface area contributed by atoms with Crippen molar-refractivity contribution >= 4 is 17.6 Å². The lowest BCUT2D eigenvalue weighted by Gasteiger charge is -2.33. The summed E-state index contributed by atoms with van der Waals surface area (Å²) in [7, 11) is 0. The minimum absolute atomic E-state index is 0.00978. The number of nitrogens with zero attached hydrogens (tertiary/aromatic N) is 1. The Morgan fingerprint density at radius 2 is 2.14 bits per heavy atom. The van der Waals surface area contributed by atoms with Crippen molar-refractivity contribution in [1.29, 1.82) is 0 Å². The number of fused-ring (bicyclic) bond motifs is 1. The van der Waals surface area contributed by atoms with Gasteiger partial charge in [0, 0.05) is 18.8 Å². The molecule has 0 spiro atoms. The molecule has 5 nitrogen and oxygen atoms in total. The fourth-order valence-corrected chi connectivity index (χ4v) is 3.39. The summed E-state index contributed by atoms with van der Waals surface area (Å²) >= 11 is 0. The van der Waals surface area contributed by atoms with Gasteiger partial charge in [-0.15, -0.1) is 0 Å². The summed E-state index contributed by atoms with van der Waals surface area (Å²) in [6.45, 7) is 4.34. The Morgan fingerprint density at radius 3 is 2.81 bits per heavy atom. The normalized spacial score (nSPS) is 24.7. The molecule has 0 aliphatic carbocycles. The molecule has 2 aliphatic rings. The van der Waals surface area contributed by atoms with Crippen molar-refractivity contribution in [1.82, 2.24) is 5.32 Å². The highest BCUT2D eigenvalue weighted by molar-refractivity contribution is 5.99. The van der Waals surface area contributed by atoms with E-state index in [1.54, 1.807) is 17.0 Å². The summed E-state index contributed by atoms with van der Waals surface area (Å²) in [6, 6.07) is 5.21. The Labute approximate surface area is 123 Å². The second-order valence-corrected chi connectivity index (χ2v) is 5.94. The highest BCUT2D eigenvalue weighted by Crippen LogP contribution is 2.32. The third-order valence-corrected chi connectivity index (χ3v) is 4.58. The summed E-state index contributed by atoms with van der Waals surface area (Å²) in [5.74, 6) is -0.483. The van der Waals surface area contributed by atoms with Crippen LogP contribution in [0.5, 0.6) is 0 Å². The number of carboxylic acids is 1. The van der Waals surface area contributed by atoms with Crippen molar-refractivity contribution in [2.24, 2.45) is 11.8 Å². The molecule has 0 aromatic heterocycles. The van der Waals surface area contributed by atoms with Gasteiger partial charge in [-0.05, 0) is 43.0 Å². The number of rotatable bonds is 2. The molecule has 0 saturated carbocycles. The molecule has 0 bridgehead atoms. The van der Waals surface area contributed by atoms with Gasteiger partial charge < -0.3 is 15.3 Å². The van der Waals surface area contributed by atoms with Crippen LogP contribution >= 0.6 is 0 Å². The number of aromatic carboxylic acids is 1. The predicted molar refractivity (Wildman–Crippen MR) is 79.6 cm³/mol. The molecule has 21 heavy (non-hydrogen) atoms. The number of carbonyl (C=O) groups is 2. The first-order chi connectivity index (χ1) is 10.1. The molecule has 1 fully saturated rings. The molecule has 2 aliphatic heterocycles. The van der Waals surface area contributed by atoms with E-state index in [1.807, 2.05) is 6.07 Å². The summed E-state index contributed by atoms with van der Waals surface area (Å²) in [5.41, 5.74) is 1.90. The van der Waals surface area contributed by atoms with Gasteiger partial charge in [-0.25, -0.2) is 4.79 Å². The SMILES string of the molecule is CC1CNCC1C(=O)N1CCCc2c(C(=O)O)cccc21. The van der Waals surface area contributed by atoms with E-state index in [0.29, 0.717) is 24.6 Å². The lowest BCUT2D eigenvalue weighted by Crippen LogP contribution is -2.42. The molecule has 2 N–H and O–H groups in total. The Kier molecular flexibility index (Phi) is 3.68. The van der Waals surface area contributed by atoms with E-state index < -0.39 is 5.97 Å². The van der Waals surface area contributed by atoms with Crippen LogP contribution < -0.4 is 10.2 Å². The second kappa shape index (κ2) is 5.48. The second-order valence-electron chi connectivity index (χ2n) is 5.94. The number of anilines is 1. The van der Waals surface area contributed by atoms with Crippen molar-refractivity contribution in [2.75, 3.05) is 24.5 Å². The molecule has 2 atom stereocenters. The van der Waals surface area contributed by atoms with Gasteiger partial charge >= 0.3 is 5.97 Å². The lowest BCUT2D eigenvalue weighted by atomic mass is 9.92. The molecule has 3 rings (SSSR count). The van der Waals surface area contributed by atoms with Gasteiger partial charge in [0.25, 0.3) is 0 Å². The van der Waals surface area contributed by atoms with Crippen molar-refractivity contribution in [3.8, 4) is 0 Å². The maximum atomic E-state index is 12.8. The number of carboxylic acid groups (broad SMARTS) is 1. The monoisotopic (exact) mass is 288 g/mol. The molecule has 1 aromatic carbocycles. The van der Waals surface area contributed by atoms with E-state index in [2.05, 4.69) is 12.2 Å². The molecule has 1 amide bonds. The van der Waals surface area contributed by atoms with Crippen LogP contribution in [-0.2, 0) is 11.2 Å². The van der Waals surface area contributed by atoms with Gasteiger partial charge in [-0.1, -0.05) is 13.0 Å². The standard InChI is InChI=1S/C16H20N2O3/c1-10-8-17-9-13(10)15(19)18-7-3-5-11-12(16(20)21)4-2-6-14(11)18/h2,4,6,10,13,17H,3,5,7-9H2,1H3,(H,20,21). The van der Waals surface area contributed by atoms with Gasteiger partial charge in [0.2, 0.25) is 5.91 Å². The molecular weight excluding hydrogens is 268 g/mol. The Morgan fingerprint density at radius 1 is 1.33 bits per heavy atom. The van der Waals surface area contributed by atoms with E-state index in [0.717, 1.165) is 30.6 Å². The van der Waals surface area contributed by atoms with E-state index in [4.69, 9.17) is 0 Å². The number of benzene rings is 1. The van der Waals surface area contributed by atoms with Crippen molar-refractivity contribution < 1.29 is 14.7 Å². The molecule has 112 valence electrons. The lowest BCUT2D eigenvalue weighted by molar-refractivity contribution is -0.122. The van der Waals surface area contributed by atoms with Gasteiger partial charge in [0.1, 0.15) is 0 Å². The first-order valence-electron chi connectivity index (χ1n) is 7.47. The fraction of sp³-hybridized carbons (Fsp3) is 0.500. The zero-order valence-corrected chi connectivity index (χ0v) is 12.1. The molecule has 5 heteroatoms. The minimum atomic E-state index is -0.919. The maximum Gasteiger partial charge on any atom is 0.336 e. The number of hydrogen-bond acceptors (Lipinski definition) is 3. The predicted octanol–water partition coefficient (Wildman–Crippen LogP) is 1.52. The van der Waals surface area contributed by atoms with Crippen LogP contribution in [-0.4, -0.2) is 36.6 Å². The molecule has 1 aromatic rings. The van der Waals surface area contributed by atoms with Crippen LogP contribution in [0.4, 0.5) is 5.69 Å². The average Bonchev–Trinajstić information content (AvgIpc) is 2.91. The quantitative estimate of drug-likeness (QED) is 0.865. The topological polar surface area (TPSA) is 69.6 Å². The highest BCUT2D eigenvalue weighted by atomic mass is 16.4. The summed E-state index contributed by atoms with van der Waals surface area (Å²) in [5, 5.41) is 12.6. The van der Waals surface area contributed by atoms with Gasteiger partial charge in [0.15, 0.2) is 0 Å². The van der Waals surface area contributed by atoms with E-state index >= 15 is 0 Å².